The number of H-pyrrole nitrogens is 1. The van der Waals surface area contributed by atoms with Crippen molar-refractivity contribution in [2.75, 3.05) is 17.2 Å². The number of nitrogens with two attached hydrogens (primary N) is 2. The molecule has 0 saturated heterocycles. The van der Waals surface area contributed by atoms with Gasteiger partial charge in [0.2, 0.25) is 11.9 Å². The summed E-state index contributed by atoms with van der Waals surface area (Å²) in [4.78, 5) is 28.2. The van der Waals surface area contributed by atoms with Crippen molar-refractivity contribution < 1.29 is 4.79 Å². The first-order chi connectivity index (χ1) is 9.15. The van der Waals surface area contributed by atoms with Crippen LogP contribution in [0.2, 0.25) is 0 Å². The standard InChI is InChI=1S/C11H11N7O/c12-8(19)6-2-1-3-18(4-6)10-7-9(15-5-14-7)16-11(13)17-10/h1-3,5H,4H2,(H2,12,19)(H3,13,14,15,16,17). The molecular weight excluding hydrogens is 246 g/mol. The van der Waals surface area contributed by atoms with Crippen LogP contribution in [-0.2, 0) is 4.79 Å². The van der Waals surface area contributed by atoms with Crippen LogP contribution in [-0.4, -0.2) is 32.4 Å². The summed E-state index contributed by atoms with van der Waals surface area (Å²) in [5.74, 6) is 0.205. The van der Waals surface area contributed by atoms with Gasteiger partial charge in [-0.2, -0.15) is 9.97 Å². The lowest BCUT2D eigenvalue weighted by Gasteiger charge is -2.22. The number of nitrogens with one attached hydrogen (secondary N) is 1. The molecule has 3 heterocycles. The van der Waals surface area contributed by atoms with Gasteiger partial charge in [-0.05, 0) is 6.08 Å². The molecule has 3 rings (SSSR count). The van der Waals surface area contributed by atoms with Crippen molar-refractivity contribution in [1.82, 2.24) is 19.9 Å². The quantitative estimate of drug-likeness (QED) is 0.676. The number of aromatic nitrogens is 4. The maximum atomic E-state index is 11.2. The minimum Gasteiger partial charge on any atom is -0.368 e. The molecule has 8 nitrogen and oxygen atoms in total. The van der Waals surface area contributed by atoms with Gasteiger partial charge in [-0.15, -0.1) is 0 Å². The summed E-state index contributed by atoms with van der Waals surface area (Å²) in [7, 11) is 0. The Morgan fingerprint density at radius 2 is 2.26 bits per heavy atom. The molecule has 19 heavy (non-hydrogen) atoms. The van der Waals surface area contributed by atoms with Gasteiger partial charge in [0.15, 0.2) is 17.0 Å². The highest BCUT2D eigenvalue weighted by Crippen LogP contribution is 2.24. The molecule has 96 valence electrons. The van der Waals surface area contributed by atoms with E-state index in [0.717, 1.165) is 0 Å². The van der Waals surface area contributed by atoms with Gasteiger partial charge in [0, 0.05) is 11.8 Å². The number of carbonyl (C=O) groups is 1. The second-order valence-corrected chi connectivity index (χ2v) is 4.03. The maximum absolute atomic E-state index is 11.2. The van der Waals surface area contributed by atoms with Gasteiger partial charge in [0.25, 0.3) is 0 Å². The van der Waals surface area contributed by atoms with E-state index in [4.69, 9.17) is 11.5 Å². The molecular formula is C11H11N7O. The first-order valence-electron chi connectivity index (χ1n) is 5.55. The lowest BCUT2D eigenvalue weighted by atomic mass is 10.2. The van der Waals surface area contributed by atoms with Crippen LogP contribution in [0.1, 0.15) is 0 Å². The Hall–Kier alpha value is -2.90. The minimum atomic E-state index is -0.463. The van der Waals surface area contributed by atoms with Gasteiger partial charge in [-0.3, -0.25) is 4.79 Å². The van der Waals surface area contributed by atoms with Gasteiger partial charge < -0.3 is 21.4 Å². The molecule has 5 N–H and O–H groups in total. The maximum Gasteiger partial charge on any atom is 0.246 e. The monoisotopic (exact) mass is 257 g/mol. The number of nitrogen functional groups attached to an aromatic ring is 1. The van der Waals surface area contributed by atoms with Gasteiger partial charge in [0.1, 0.15) is 0 Å². The van der Waals surface area contributed by atoms with Crippen molar-refractivity contribution in [3.8, 4) is 0 Å². The molecule has 0 fully saturated rings. The molecule has 0 radical (unpaired) electrons. The summed E-state index contributed by atoms with van der Waals surface area (Å²) >= 11 is 0. The Kier molecular flexibility index (Phi) is 2.41. The van der Waals surface area contributed by atoms with Crippen LogP contribution in [0.25, 0.3) is 11.2 Å². The second-order valence-electron chi connectivity index (χ2n) is 4.03. The number of nitrogens with zero attached hydrogens (tertiary/aromatic N) is 4. The average Bonchev–Trinajstić information content (AvgIpc) is 2.85. The number of primary amides is 1. The van der Waals surface area contributed by atoms with Crippen molar-refractivity contribution >= 4 is 28.8 Å². The molecule has 0 saturated carbocycles. The summed E-state index contributed by atoms with van der Waals surface area (Å²) in [5, 5.41) is 0. The van der Waals surface area contributed by atoms with Gasteiger partial charge in [-0.25, -0.2) is 4.98 Å². The van der Waals surface area contributed by atoms with Gasteiger partial charge >= 0.3 is 0 Å². The smallest absolute Gasteiger partial charge is 0.246 e. The third-order valence-corrected chi connectivity index (χ3v) is 2.77. The summed E-state index contributed by atoms with van der Waals surface area (Å²) in [6.07, 6.45) is 6.69. The summed E-state index contributed by atoms with van der Waals surface area (Å²) in [5.41, 5.74) is 12.6. The fourth-order valence-corrected chi connectivity index (χ4v) is 1.90. The number of amides is 1. The van der Waals surface area contributed by atoms with E-state index < -0.39 is 5.91 Å². The second kappa shape index (κ2) is 4.09. The van der Waals surface area contributed by atoms with E-state index in [0.29, 0.717) is 29.1 Å². The van der Waals surface area contributed by atoms with Crippen molar-refractivity contribution in [1.29, 1.82) is 0 Å². The van der Waals surface area contributed by atoms with Crippen molar-refractivity contribution in [3.63, 3.8) is 0 Å². The SMILES string of the molecule is NC(=O)C1=CC=CN(c2nc(N)nc3[nH]cnc23)C1. The van der Waals surface area contributed by atoms with E-state index in [9.17, 15) is 4.79 Å². The summed E-state index contributed by atoms with van der Waals surface area (Å²) < 4.78 is 0. The van der Waals surface area contributed by atoms with Gasteiger partial charge in [0.05, 0.1) is 12.9 Å². The van der Waals surface area contributed by atoms with Crippen molar-refractivity contribution in [2.24, 2.45) is 5.73 Å². The predicted molar refractivity (Wildman–Crippen MR) is 69.9 cm³/mol. The fraction of sp³-hybridized carbons (Fsp3) is 0.0909. The largest absolute Gasteiger partial charge is 0.368 e. The van der Waals surface area contributed by atoms with Crippen LogP contribution < -0.4 is 16.4 Å². The van der Waals surface area contributed by atoms with E-state index in [2.05, 4.69) is 19.9 Å². The van der Waals surface area contributed by atoms with Gasteiger partial charge in [-0.1, -0.05) is 6.08 Å². The molecule has 8 heteroatoms. The highest BCUT2D eigenvalue weighted by Gasteiger charge is 2.18. The van der Waals surface area contributed by atoms with Crippen LogP contribution >= 0.6 is 0 Å². The number of aromatic amines is 1. The van der Waals surface area contributed by atoms with Crippen molar-refractivity contribution in [3.05, 3.63) is 30.3 Å². The van der Waals surface area contributed by atoms with Crippen LogP contribution in [0.5, 0.6) is 0 Å². The van der Waals surface area contributed by atoms with Crippen LogP contribution in [0, 0.1) is 0 Å². The lowest BCUT2D eigenvalue weighted by molar-refractivity contribution is -0.114. The van der Waals surface area contributed by atoms with Crippen LogP contribution in [0.3, 0.4) is 0 Å². The molecule has 2 aromatic rings. The molecule has 0 spiro atoms. The number of fused-ring (bicyclic) bond motifs is 1. The number of allylic oxidation sites excluding steroid dienone is 2. The normalized spacial score (nSPS) is 14.7. The van der Waals surface area contributed by atoms with Crippen LogP contribution in [0.4, 0.5) is 11.8 Å². The molecule has 1 amide bonds. The first-order valence-corrected chi connectivity index (χ1v) is 5.55. The number of hydrogen-bond acceptors (Lipinski definition) is 6. The Morgan fingerprint density at radius 1 is 1.42 bits per heavy atom. The Labute approximate surface area is 107 Å². The summed E-state index contributed by atoms with van der Waals surface area (Å²) in [6.45, 7) is 0.324. The Bertz CT molecular complexity index is 715. The topological polar surface area (TPSA) is 127 Å². The zero-order valence-electron chi connectivity index (χ0n) is 9.87. The molecule has 1 aliphatic rings. The number of carbonyl (C=O) groups excluding carboxylic acids is 1. The number of hydrogen-bond donors (Lipinski definition) is 3. The molecule has 0 bridgehead atoms. The average molecular weight is 257 g/mol. The zero-order valence-corrected chi connectivity index (χ0v) is 9.87. The van der Waals surface area contributed by atoms with E-state index in [1.165, 1.54) is 6.33 Å². The number of anilines is 2. The molecule has 0 aromatic carbocycles. The van der Waals surface area contributed by atoms with Crippen LogP contribution in [0.15, 0.2) is 30.3 Å². The highest BCUT2D eigenvalue weighted by molar-refractivity contribution is 5.94. The minimum absolute atomic E-state index is 0.135. The Morgan fingerprint density at radius 3 is 3.05 bits per heavy atom. The third kappa shape index (κ3) is 1.88. The molecule has 0 unspecified atom stereocenters. The van der Waals surface area contributed by atoms with E-state index in [-0.39, 0.29) is 5.95 Å². The third-order valence-electron chi connectivity index (χ3n) is 2.77. The highest BCUT2D eigenvalue weighted by atomic mass is 16.1. The Balaban J connectivity index is 2.06. The molecule has 1 aliphatic heterocycles. The predicted octanol–water partition coefficient (Wildman–Crippen LogP) is -0.320. The molecule has 2 aromatic heterocycles. The first kappa shape index (κ1) is 11.2. The van der Waals surface area contributed by atoms with E-state index >= 15 is 0 Å². The lowest BCUT2D eigenvalue weighted by Crippen LogP contribution is -2.29. The summed E-state index contributed by atoms with van der Waals surface area (Å²) in [6, 6.07) is 0. The van der Waals surface area contributed by atoms with Crippen molar-refractivity contribution in [2.45, 2.75) is 0 Å². The number of rotatable bonds is 2. The van der Waals surface area contributed by atoms with E-state index in [1.807, 2.05) is 0 Å². The van der Waals surface area contributed by atoms with E-state index in [1.54, 1.807) is 23.3 Å². The zero-order chi connectivity index (χ0) is 13.4. The molecule has 0 aliphatic carbocycles. The molecule has 0 atom stereocenters. The fourth-order valence-electron chi connectivity index (χ4n) is 1.90. The number of imidazole rings is 1.